The van der Waals surface area contributed by atoms with Gasteiger partial charge in [-0.1, -0.05) is 15.9 Å². The number of methoxy groups -OCH3 is 1. The van der Waals surface area contributed by atoms with Gasteiger partial charge in [-0.25, -0.2) is 0 Å². The van der Waals surface area contributed by atoms with Gasteiger partial charge in [0.2, 0.25) is 0 Å². The molecule has 0 fully saturated rings. The molecule has 3 N–H and O–H groups in total. The Kier molecular flexibility index (Phi) is 8.65. The van der Waals surface area contributed by atoms with Gasteiger partial charge in [-0.15, -0.1) is 0 Å². The van der Waals surface area contributed by atoms with Crippen molar-refractivity contribution >= 4 is 67.7 Å². The summed E-state index contributed by atoms with van der Waals surface area (Å²) in [6.07, 6.45) is -0.0978. The molecular formula is C19H19BrIN3O4S. The smallest absolute Gasteiger partial charge is 0.269 e. The van der Waals surface area contributed by atoms with Crippen molar-refractivity contribution in [1.29, 1.82) is 0 Å². The average Bonchev–Trinajstić information content (AvgIpc) is 2.67. The summed E-state index contributed by atoms with van der Waals surface area (Å²) < 4.78 is 12.3. The average molecular weight is 592 g/mol. The van der Waals surface area contributed by atoms with Crippen LogP contribution in [0.4, 0.5) is 0 Å². The quantitative estimate of drug-likeness (QED) is 0.278. The molecule has 2 amide bonds. The Morgan fingerprint density at radius 2 is 1.76 bits per heavy atom. The Morgan fingerprint density at radius 1 is 1.07 bits per heavy atom. The lowest BCUT2D eigenvalue weighted by Gasteiger charge is -2.15. The molecule has 0 saturated carbocycles. The number of hydrogen-bond acceptors (Lipinski definition) is 5. The Labute approximate surface area is 196 Å². The highest BCUT2D eigenvalue weighted by Crippen LogP contribution is 2.24. The van der Waals surface area contributed by atoms with E-state index in [0.29, 0.717) is 22.6 Å². The Hall–Kier alpha value is -1.92. The van der Waals surface area contributed by atoms with E-state index in [9.17, 15) is 9.59 Å². The fourth-order valence-electron chi connectivity index (χ4n) is 2.23. The molecule has 0 saturated heterocycles. The van der Waals surface area contributed by atoms with Crippen LogP contribution in [-0.4, -0.2) is 30.1 Å². The molecule has 10 heteroatoms. The van der Waals surface area contributed by atoms with Gasteiger partial charge >= 0.3 is 0 Å². The number of thiocarbonyl (C=S) groups is 1. The Balaban J connectivity index is 1.99. The van der Waals surface area contributed by atoms with Crippen LogP contribution in [0.15, 0.2) is 40.9 Å². The second kappa shape index (κ2) is 10.7. The highest BCUT2D eigenvalue weighted by molar-refractivity contribution is 14.1. The third-order valence-corrected chi connectivity index (χ3v) is 5.02. The second-order valence-corrected chi connectivity index (χ2v) is 8.50. The van der Waals surface area contributed by atoms with Crippen molar-refractivity contribution in [3.05, 3.63) is 55.6 Å². The van der Waals surface area contributed by atoms with Crippen molar-refractivity contribution in [1.82, 2.24) is 16.2 Å². The normalized spacial score (nSPS) is 10.3. The predicted molar refractivity (Wildman–Crippen MR) is 126 cm³/mol. The minimum Gasteiger partial charge on any atom is -0.496 e. The molecule has 0 heterocycles. The molecule has 29 heavy (non-hydrogen) atoms. The number of carbonyl (C=O) groups is 2. The van der Waals surface area contributed by atoms with Crippen molar-refractivity contribution in [2.24, 2.45) is 0 Å². The summed E-state index contributed by atoms with van der Waals surface area (Å²) in [6, 6.07) is 10.1. The van der Waals surface area contributed by atoms with Crippen molar-refractivity contribution < 1.29 is 19.1 Å². The SMILES string of the molecule is COc1ccc(C(=O)NNC(=S)NC(=O)c2cc(Br)ccc2OC(C)C)cc1I. The summed E-state index contributed by atoms with van der Waals surface area (Å²) in [5.41, 5.74) is 5.69. The van der Waals surface area contributed by atoms with Gasteiger partial charge in [0, 0.05) is 10.0 Å². The zero-order chi connectivity index (χ0) is 21.6. The molecule has 0 aliphatic heterocycles. The highest BCUT2D eigenvalue weighted by atomic mass is 127. The summed E-state index contributed by atoms with van der Waals surface area (Å²) in [6.45, 7) is 3.73. The van der Waals surface area contributed by atoms with E-state index in [4.69, 9.17) is 21.7 Å². The monoisotopic (exact) mass is 591 g/mol. The third-order valence-electron chi connectivity index (χ3n) is 3.48. The molecule has 0 aliphatic rings. The van der Waals surface area contributed by atoms with E-state index in [1.54, 1.807) is 43.5 Å². The zero-order valence-corrected chi connectivity index (χ0v) is 20.4. The van der Waals surface area contributed by atoms with E-state index in [2.05, 4.69) is 54.7 Å². The first-order valence-electron chi connectivity index (χ1n) is 8.42. The lowest BCUT2D eigenvalue weighted by atomic mass is 10.2. The van der Waals surface area contributed by atoms with Gasteiger partial charge in [-0.3, -0.25) is 25.8 Å². The van der Waals surface area contributed by atoms with Crippen LogP contribution in [0.3, 0.4) is 0 Å². The molecule has 7 nitrogen and oxygen atoms in total. The molecule has 2 rings (SSSR count). The minimum absolute atomic E-state index is 0.0537. The molecule has 0 unspecified atom stereocenters. The van der Waals surface area contributed by atoms with Crippen LogP contribution in [0.1, 0.15) is 34.6 Å². The summed E-state index contributed by atoms with van der Waals surface area (Å²) in [7, 11) is 1.56. The number of halogens is 2. The third kappa shape index (κ3) is 6.82. The molecule has 0 aliphatic carbocycles. The molecule has 0 radical (unpaired) electrons. The largest absolute Gasteiger partial charge is 0.496 e. The number of hydrazine groups is 1. The number of ether oxygens (including phenoxy) is 2. The summed E-state index contributed by atoms with van der Waals surface area (Å²) in [5.74, 6) is 0.229. The van der Waals surface area contributed by atoms with Crippen LogP contribution in [0, 0.1) is 3.57 Å². The number of nitrogens with one attached hydrogen (secondary N) is 3. The summed E-state index contributed by atoms with van der Waals surface area (Å²) >= 11 is 10.5. The molecule has 0 spiro atoms. The van der Waals surface area contributed by atoms with Crippen LogP contribution >= 0.6 is 50.7 Å². The number of benzene rings is 2. The number of carbonyl (C=O) groups excluding carboxylic acids is 2. The molecule has 0 aromatic heterocycles. The maximum atomic E-state index is 12.6. The van der Waals surface area contributed by atoms with Crippen LogP contribution in [-0.2, 0) is 0 Å². The van der Waals surface area contributed by atoms with Crippen molar-refractivity contribution in [3.8, 4) is 11.5 Å². The molecule has 2 aromatic rings. The molecule has 0 bridgehead atoms. The maximum Gasteiger partial charge on any atom is 0.269 e. The molecular weight excluding hydrogens is 573 g/mol. The van der Waals surface area contributed by atoms with Crippen LogP contribution in [0.5, 0.6) is 11.5 Å². The van der Waals surface area contributed by atoms with E-state index >= 15 is 0 Å². The predicted octanol–water partition coefficient (Wildman–Crippen LogP) is 3.80. The van der Waals surface area contributed by atoms with Crippen molar-refractivity contribution in [2.75, 3.05) is 7.11 Å². The van der Waals surface area contributed by atoms with Gasteiger partial charge in [0.05, 0.1) is 22.3 Å². The van der Waals surface area contributed by atoms with E-state index in [1.165, 1.54) is 0 Å². The van der Waals surface area contributed by atoms with E-state index in [-0.39, 0.29) is 11.2 Å². The van der Waals surface area contributed by atoms with Gasteiger partial charge in [0.1, 0.15) is 11.5 Å². The Morgan fingerprint density at radius 3 is 2.38 bits per heavy atom. The van der Waals surface area contributed by atoms with Crippen molar-refractivity contribution in [2.45, 2.75) is 20.0 Å². The first-order valence-corrected chi connectivity index (χ1v) is 10.7. The van der Waals surface area contributed by atoms with Crippen LogP contribution < -0.4 is 25.6 Å². The number of rotatable bonds is 5. The lowest BCUT2D eigenvalue weighted by molar-refractivity contribution is 0.0933. The highest BCUT2D eigenvalue weighted by Gasteiger charge is 2.16. The van der Waals surface area contributed by atoms with Crippen LogP contribution in [0.2, 0.25) is 0 Å². The maximum absolute atomic E-state index is 12.6. The van der Waals surface area contributed by atoms with Crippen molar-refractivity contribution in [3.63, 3.8) is 0 Å². The lowest BCUT2D eigenvalue weighted by Crippen LogP contribution is -2.48. The Bertz CT molecular complexity index is 940. The van der Waals surface area contributed by atoms with Gasteiger partial charge in [0.25, 0.3) is 11.8 Å². The zero-order valence-electron chi connectivity index (χ0n) is 15.8. The standard InChI is InChI=1S/C19H19BrIN3O4S/c1-10(2)28-15-7-5-12(20)9-13(15)18(26)22-19(29)24-23-17(25)11-4-6-16(27-3)14(21)8-11/h4-10H,1-3H3,(H,23,25)(H2,22,24,26,29). The topological polar surface area (TPSA) is 88.7 Å². The fraction of sp³-hybridized carbons (Fsp3) is 0.211. The second-order valence-electron chi connectivity index (χ2n) is 6.02. The first-order chi connectivity index (χ1) is 13.7. The van der Waals surface area contributed by atoms with Gasteiger partial charge in [0.15, 0.2) is 5.11 Å². The van der Waals surface area contributed by atoms with E-state index < -0.39 is 11.8 Å². The summed E-state index contributed by atoms with van der Waals surface area (Å²) in [5, 5.41) is 2.46. The van der Waals surface area contributed by atoms with Crippen LogP contribution in [0.25, 0.3) is 0 Å². The fourth-order valence-corrected chi connectivity index (χ4v) is 3.47. The number of amides is 2. The molecule has 2 aromatic carbocycles. The van der Waals surface area contributed by atoms with E-state index in [1.807, 2.05) is 13.8 Å². The van der Waals surface area contributed by atoms with Gasteiger partial charge < -0.3 is 9.47 Å². The van der Waals surface area contributed by atoms with Gasteiger partial charge in [-0.05, 0) is 85.1 Å². The molecule has 154 valence electrons. The first kappa shape index (κ1) is 23.4. The minimum atomic E-state index is -0.465. The molecule has 0 atom stereocenters. The van der Waals surface area contributed by atoms with E-state index in [0.717, 1.165) is 8.04 Å². The number of hydrogen-bond donors (Lipinski definition) is 3. The van der Waals surface area contributed by atoms with Gasteiger partial charge in [-0.2, -0.15) is 0 Å². The summed E-state index contributed by atoms with van der Waals surface area (Å²) in [4.78, 5) is 24.8.